The Morgan fingerprint density at radius 1 is 1.47 bits per heavy atom. The van der Waals surface area contributed by atoms with E-state index >= 15 is 0 Å². The van der Waals surface area contributed by atoms with Crippen LogP contribution in [-0.4, -0.2) is 34.2 Å². The number of ether oxygens (including phenoxy) is 1. The predicted octanol–water partition coefficient (Wildman–Crippen LogP) is 1.81. The largest absolute Gasteiger partial charge is 0.408 e. The predicted molar refractivity (Wildman–Crippen MR) is 53.3 cm³/mol. The number of hydrogen-bond donors (Lipinski definition) is 0. The smallest absolute Gasteiger partial charge is 0.381 e. The SMILES string of the molecule is FC(F)(F)Cn1ncnc1CC1CCCOC1. The molecule has 0 N–H and O–H groups in total. The molecule has 1 atom stereocenters. The number of halogens is 3. The van der Waals surface area contributed by atoms with Gasteiger partial charge in [-0.3, -0.25) is 0 Å². The molecule has 1 aliphatic heterocycles. The van der Waals surface area contributed by atoms with Gasteiger partial charge in [-0.05, 0) is 18.8 Å². The van der Waals surface area contributed by atoms with Gasteiger partial charge in [-0.15, -0.1) is 0 Å². The Morgan fingerprint density at radius 3 is 2.94 bits per heavy atom. The molecule has 0 aromatic carbocycles. The van der Waals surface area contributed by atoms with E-state index in [0.717, 1.165) is 24.1 Å². The Kier molecular flexibility index (Phi) is 3.66. The zero-order chi connectivity index (χ0) is 12.3. The summed E-state index contributed by atoms with van der Waals surface area (Å²) in [6.45, 7) is 0.264. The van der Waals surface area contributed by atoms with Crippen molar-refractivity contribution in [2.45, 2.75) is 32.0 Å². The molecule has 1 aliphatic rings. The van der Waals surface area contributed by atoms with Gasteiger partial charge in [0.15, 0.2) is 0 Å². The van der Waals surface area contributed by atoms with Crippen LogP contribution in [0.25, 0.3) is 0 Å². The van der Waals surface area contributed by atoms with Crippen LogP contribution in [0.1, 0.15) is 18.7 Å². The fraction of sp³-hybridized carbons (Fsp3) is 0.800. The van der Waals surface area contributed by atoms with Crippen molar-refractivity contribution in [1.29, 1.82) is 0 Å². The van der Waals surface area contributed by atoms with Crippen molar-refractivity contribution in [2.75, 3.05) is 13.2 Å². The van der Waals surface area contributed by atoms with Gasteiger partial charge >= 0.3 is 6.18 Å². The molecule has 0 radical (unpaired) electrons. The normalized spacial score (nSPS) is 21.7. The maximum Gasteiger partial charge on any atom is 0.408 e. The quantitative estimate of drug-likeness (QED) is 0.820. The van der Waals surface area contributed by atoms with Crippen LogP contribution >= 0.6 is 0 Å². The molecular formula is C10H14F3N3O. The molecule has 1 unspecified atom stereocenters. The Morgan fingerprint density at radius 2 is 2.29 bits per heavy atom. The second kappa shape index (κ2) is 5.03. The van der Waals surface area contributed by atoms with Gasteiger partial charge in [-0.1, -0.05) is 0 Å². The van der Waals surface area contributed by atoms with Gasteiger partial charge in [-0.2, -0.15) is 18.3 Å². The summed E-state index contributed by atoms with van der Waals surface area (Å²) in [6.07, 6.45) is -0.663. The molecule has 0 amide bonds. The molecular weight excluding hydrogens is 235 g/mol. The Bertz CT molecular complexity index is 358. The van der Waals surface area contributed by atoms with E-state index in [9.17, 15) is 13.2 Å². The standard InChI is InChI=1S/C10H14F3N3O/c11-10(12,13)6-16-9(14-7-15-16)4-8-2-1-3-17-5-8/h7-8H,1-6H2. The molecule has 1 fully saturated rings. The lowest BCUT2D eigenvalue weighted by molar-refractivity contribution is -0.143. The van der Waals surface area contributed by atoms with Crippen LogP contribution in [0.4, 0.5) is 13.2 Å². The summed E-state index contributed by atoms with van der Waals surface area (Å²) >= 11 is 0. The van der Waals surface area contributed by atoms with E-state index in [-0.39, 0.29) is 5.92 Å². The number of aromatic nitrogens is 3. The lowest BCUT2D eigenvalue weighted by Crippen LogP contribution is -2.24. The minimum absolute atomic E-state index is 0.250. The first-order valence-corrected chi connectivity index (χ1v) is 5.56. The van der Waals surface area contributed by atoms with Crippen LogP contribution in [0, 0.1) is 5.92 Å². The Hall–Kier alpha value is -1.11. The van der Waals surface area contributed by atoms with Crippen LogP contribution in [0.2, 0.25) is 0 Å². The highest BCUT2D eigenvalue weighted by Crippen LogP contribution is 2.21. The van der Waals surface area contributed by atoms with Gasteiger partial charge in [0.1, 0.15) is 18.7 Å². The summed E-state index contributed by atoms with van der Waals surface area (Å²) in [4.78, 5) is 3.89. The second-order valence-corrected chi connectivity index (χ2v) is 4.24. The lowest BCUT2D eigenvalue weighted by atomic mass is 9.98. The fourth-order valence-corrected chi connectivity index (χ4v) is 1.97. The van der Waals surface area contributed by atoms with Gasteiger partial charge in [-0.25, -0.2) is 9.67 Å². The molecule has 1 aromatic rings. The molecule has 17 heavy (non-hydrogen) atoms. The average molecular weight is 249 g/mol. The van der Waals surface area contributed by atoms with Crippen LogP contribution in [0.5, 0.6) is 0 Å². The van der Waals surface area contributed by atoms with Gasteiger partial charge in [0, 0.05) is 19.6 Å². The van der Waals surface area contributed by atoms with E-state index < -0.39 is 12.7 Å². The van der Waals surface area contributed by atoms with Gasteiger partial charge in [0.05, 0.1) is 0 Å². The third-order valence-corrected chi connectivity index (χ3v) is 2.75. The van der Waals surface area contributed by atoms with Crippen LogP contribution in [0.15, 0.2) is 6.33 Å². The molecule has 1 aromatic heterocycles. The van der Waals surface area contributed by atoms with Crippen molar-refractivity contribution in [3.63, 3.8) is 0 Å². The first kappa shape index (κ1) is 12.3. The van der Waals surface area contributed by atoms with Crippen LogP contribution in [-0.2, 0) is 17.7 Å². The van der Waals surface area contributed by atoms with Crippen molar-refractivity contribution >= 4 is 0 Å². The first-order chi connectivity index (χ1) is 8.04. The Labute approximate surface area is 96.8 Å². The third-order valence-electron chi connectivity index (χ3n) is 2.75. The monoisotopic (exact) mass is 249 g/mol. The highest BCUT2D eigenvalue weighted by atomic mass is 19.4. The fourth-order valence-electron chi connectivity index (χ4n) is 1.97. The van der Waals surface area contributed by atoms with Crippen molar-refractivity contribution in [3.05, 3.63) is 12.2 Å². The second-order valence-electron chi connectivity index (χ2n) is 4.24. The summed E-state index contributed by atoms with van der Waals surface area (Å²) in [5.74, 6) is 0.637. The van der Waals surface area contributed by atoms with E-state index in [2.05, 4.69) is 10.1 Å². The highest BCUT2D eigenvalue weighted by molar-refractivity contribution is 4.88. The number of nitrogens with zero attached hydrogens (tertiary/aromatic N) is 3. The highest BCUT2D eigenvalue weighted by Gasteiger charge is 2.30. The molecule has 1 saturated heterocycles. The number of hydrogen-bond acceptors (Lipinski definition) is 3. The van der Waals surface area contributed by atoms with E-state index in [0.29, 0.717) is 18.9 Å². The van der Waals surface area contributed by atoms with Gasteiger partial charge in [0.25, 0.3) is 0 Å². The van der Waals surface area contributed by atoms with Crippen molar-refractivity contribution < 1.29 is 17.9 Å². The summed E-state index contributed by atoms with van der Waals surface area (Å²) in [5.41, 5.74) is 0. The average Bonchev–Trinajstić information content (AvgIpc) is 2.65. The topological polar surface area (TPSA) is 39.9 Å². The van der Waals surface area contributed by atoms with Gasteiger partial charge < -0.3 is 4.74 Å². The third kappa shape index (κ3) is 3.69. The summed E-state index contributed by atoms with van der Waals surface area (Å²) in [5, 5.41) is 3.61. The minimum Gasteiger partial charge on any atom is -0.381 e. The van der Waals surface area contributed by atoms with Crippen LogP contribution in [0.3, 0.4) is 0 Å². The summed E-state index contributed by atoms with van der Waals surface area (Å²) in [6, 6.07) is 0. The van der Waals surface area contributed by atoms with E-state index in [1.165, 1.54) is 6.33 Å². The maximum absolute atomic E-state index is 12.3. The number of alkyl halides is 3. The molecule has 96 valence electrons. The van der Waals surface area contributed by atoms with Crippen molar-refractivity contribution in [3.8, 4) is 0 Å². The van der Waals surface area contributed by atoms with Crippen LogP contribution < -0.4 is 0 Å². The molecule has 7 heteroatoms. The molecule has 0 aliphatic carbocycles. The lowest BCUT2D eigenvalue weighted by Gasteiger charge is -2.21. The zero-order valence-corrected chi connectivity index (χ0v) is 9.28. The maximum atomic E-state index is 12.3. The Balaban J connectivity index is 1.98. The van der Waals surface area contributed by atoms with Crippen molar-refractivity contribution in [1.82, 2.24) is 14.8 Å². The van der Waals surface area contributed by atoms with E-state index in [1.807, 2.05) is 0 Å². The molecule has 0 spiro atoms. The first-order valence-electron chi connectivity index (χ1n) is 5.56. The molecule has 0 bridgehead atoms. The molecule has 2 heterocycles. The van der Waals surface area contributed by atoms with E-state index in [4.69, 9.17) is 4.74 Å². The van der Waals surface area contributed by atoms with Gasteiger partial charge in [0.2, 0.25) is 0 Å². The molecule has 2 rings (SSSR count). The minimum atomic E-state index is -4.26. The molecule has 4 nitrogen and oxygen atoms in total. The number of rotatable bonds is 3. The van der Waals surface area contributed by atoms with Crippen molar-refractivity contribution in [2.24, 2.45) is 5.92 Å². The zero-order valence-electron chi connectivity index (χ0n) is 9.28. The molecule has 0 saturated carbocycles. The summed E-state index contributed by atoms with van der Waals surface area (Å²) in [7, 11) is 0. The van der Waals surface area contributed by atoms with E-state index in [1.54, 1.807) is 0 Å². The summed E-state index contributed by atoms with van der Waals surface area (Å²) < 4.78 is 43.0.